The highest BCUT2D eigenvalue weighted by atomic mass is 32.2. The highest BCUT2D eigenvalue weighted by molar-refractivity contribution is 7.93. The molecule has 1 aliphatic rings. The second-order valence-electron chi connectivity index (χ2n) is 5.43. The van der Waals surface area contributed by atoms with E-state index in [0.29, 0.717) is 35.7 Å². The number of benzene rings is 1. The first-order chi connectivity index (χ1) is 9.82. The minimum Gasteiger partial charge on any atom is -0.398 e. The maximum atomic E-state index is 12.9. The zero-order valence-corrected chi connectivity index (χ0v) is 13.1. The van der Waals surface area contributed by atoms with Crippen molar-refractivity contribution in [3.63, 3.8) is 0 Å². The van der Waals surface area contributed by atoms with E-state index in [0.717, 1.165) is 11.1 Å². The predicted octanol–water partition coefficient (Wildman–Crippen LogP) is 1.67. The van der Waals surface area contributed by atoms with Gasteiger partial charge in [-0.1, -0.05) is 6.07 Å². The molecular formula is C14H18N4O2S. The Morgan fingerprint density at radius 3 is 2.62 bits per heavy atom. The number of nitrogens with zero attached hydrogens (tertiary/aromatic N) is 2. The first-order valence-electron chi connectivity index (χ1n) is 6.75. The number of hydrogen-bond donors (Lipinski definition) is 2. The van der Waals surface area contributed by atoms with Crippen LogP contribution in [0.1, 0.15) is 22.5 Å². The lowest BCUT2D eigenvalue weighted by Crippen LogP contribution is -2.30. The van der Waals surface area contributed by atoms with Crippen LogP contribution < -0.4 is 10.0 Å². The summed E-state index contributed by atoms with van der Waals surface area (Å²) in [4.78, 5) is 0.259. The number of nitrogens with one attached hydrogen (secondary N) is 1. The van der Waals surface area contributed by atoms with Gasteiger partial charge in [-0.2, -0.15) is 5.10 Å². The first kappa shape index (κ1) is 13.9. The molecule has 0 saturated carbocycles. The Kier molecular flexibility index (Phi) is 2.98. The largest absolute Gasteiger partial charge is 0.398 e. The Morgan fingerprint density at radius 2 is 2.00 bits per heavy atom. The van der Waals surface area contributed by atoms with Gasteiger partial charge in [0.15, 0.2) is 0 Å². The van der Waals surface area contributed by atoms with Crippen molar-refractivity contribution in [2.24, 2.45) is 0 Å². The highest BCUT2D eigenvalue weighted by Gasteiger charge is 2.34. The monoisotopic (exact) mass is 306 g/mol. The molecule has 0 fully saturated rings. The molecule has 3 rings (SSSR count). The number of aryl methyl sites for hydroxylation is 3. The smallest absolute Gasteiger partial charge is 0.268 e. The topological polar surface area (TPSA) is 92.1 Å². The number of rotatable bonds is 2. The molecule has 0 radical (unpaired) electrons. The van der Waals surface area contributed by atoms with Crippen LogP contribution in [0.2, 0.25) is 0 Å². The molecule has 0 spiro atoms. The van der Waals surface area contributed by atoms with E-state index in [4.69, 9.17) is 5.73 Å². The van der Waals surface area contributed by atoms with Gasteiger partial charge in [0.05, 0.1) is 17.1 Å². The van der Waals surface area contributed by atoms with Gasteiger partial charge in [-0.05, 0) is 44.4 Å². The van der Waals surface area contributed by atoms with E-state index in [9.17, 15) is 8.42 Å². The molecule has 6 nitrogen and oxygen atoms in total. The van der Waals surface area contributed by atoms with Crippen LogP contribution in [0.15, 0.2) is 17.0 Å². The molecule has 7 heteroatoms. The van der Waals surface area contributed by atoms with Gasteiger partial charge in [0, 0.05) is 12.2 Å². The lowest BCUT2D eigenvalue weighted by molar-refractivity contribution is 0.591. The number of H-pyrrole nitrogens is 1. The minimum atomic E-state index is -3.62. The van der Waals surface area contributed by atoms with Gasteiger partial charge in [-0.25, -0.2) is 8.42 Å². The van der Waals surface area contributed by atoms with Crippen LogP contribution in [-0.2, 0) is 16.4 Å². The molecule has 2 heterocycles. The molecule has 1 aromatic carbocycles. The third-order valence-corrected chi connectivity index (χ3v) is 6.01. The van der Waals surface area contributed by atoms with Gasteiger partial charge in [0.1, 0.15) is 4.90 Å². The van der Waals surface area contributed by atoms with E-state index in [1.807, 2.05) is 13.0 Å². The summed E-state index contributed by atoms with van der Waals surface area (Å²) in [6, 6.07) is 3.72. The van der Waals surface area contributed by atoms with Gasteiger partial charge in [-0.3, -0.25) is 9.40 Å². The number of fused-ring (bicyclic) bond motifs is 1. The summed E-state index contributed by atoms with van der Waals surface area (Å²) in [6.07, 6.45) is 0.700. The van der Waals surface area contributed by atoms with Crippen LogP contribution >= 0.6 is 0 Å². The Bertz CT molecular complexity index is 804. The van der Waals surface area contributed by atoms with Crippen LogP contribution in [0.5, 0.6) is 0 Å². The number of anilines is 2. The van der Waals surface area contributed by atoms with Gasteiger partial charge >= 0.3 is 0 Å². The molecule has 0 atom stereocenters. The van der Waals surface area contributed by atoms with Gasteiger partial charge in [0.25, 0.3) is 10.0 Å². The van der Waals surface area contributed by atoms with Crippen molar-refractivity contribution >= 4 is 21.4 Å². The summed E-state index contributed by atoms with van der Waals surface area (Å²) >= 11 is 0. The summed E-state index contributed by atoms with van der Waals surface area (Å²) < 4.78 is 27.3. The number of nitrogen functional groups attached to an aromatic ring is 1. The summed E-state index contributed by atoms with van der Waals surface area (Å²) in [5.41, 5.74) is 10.3. The Balaban J connectivity index is 2.15. The van der Waals surface area contributed by atoms with Crippen molar-refractivity contribution in [1.82, 2.24) is 10.2 Å². The van der Waals surface area contributed by atoms with Crippen molar-refractivity contribution in [2.75, 3.05) is 16.6 Å². The van der Waals surface area contributed by atoms with Gasteiger partial charge in [0.2, 0.25) is 0 Å². The SMILES string of the molecule is Cc1cc2c(cc1N)N(S(=O)(=O)c1c(C)n[nH]c1C)CC2. The predicted molar refractivity (Wildman–Crippen MR) is 81.9 cm³/mol. The molecule has 1 aromatic heterocycles. The minimum absolute atomic E-state index is 0.259. The summed E-state index contributed by atoms with van der Waals surface area (Å²) in [5.74, 6) is 0. The van der Waals surface area contributed by atoms with Gasteiger partial charge < -0.3 is 5.73 Å². The normalized spacial score (nSPS) is 14.5. The summed E-state index contributed by atoms with van der Waals surface area (Å²) in [6.45, 7) is 5.77. The lowest BCUT2D eigenvalue weighted by atomic mass is 10.1. The second kappa shape index (κ2) is 4.49. The number of aromatic nitrogens is 2. The van der Waals surface area contributed by atoms with Crippen molar-refractivity contribution in [3.8, 4) is 0 Å². The number of nitrogens with two attached hydrogens (primary N) is 1. The van der Waals surface area contributed by atoms with Crippen molar-refractivity contribution in [3.05, 3.63) is 34.6 Å². The van der Waals surface area contributed by atoms with E-state index in [1.54, 1.807) is 19.9 Å². The lowest BCUT2D eigenvalue weighted by Gasteiger charge is -2.20. The summed E-state index contributed by atoms with van der Waals surface area (Å²) in [5, 5.41) is 6.72. The van der Waals surface area contributed by atoms with E-state index in [2.05, 4.69) is 10.2 Å². The van der Waals surface area contributed by atoms with E-state index >= 15 is 0 Å². The third kappa shape index (κ3) is 1.99. The van der Waals surface area contributed by atoms with E-state index in [1.165, 1.54) is 4.31 Å². The fourth-order valence-corrected chi connectivity index (χ4v) is 4.66. The second-order valence-corrected chi connectivity index (χ2v) is 7.23. The molecule has 2 aromatic rings. The molecule has 3 N–H and O–H groups in total. The Morgan fingerprint density at radius 1 is 1.29 bits per heavy atom. The molecule has 0 aliphatic carbocycles. The van der Waals surface area contributed by atoms with Crippen LogP contribution in [0.4, 0.5) is 11.4 Å². The number of aromatic amines is 1. The molecule has 21 heavy (non-hydrogen) atoms. The third-order valence-electron chi connectivity index (χ3n) is 3.93. The zero-order valence-electron chi connectivity index (χ0n) is 12.3. The average Bonchev–Trinajstić information content (AvgIpc) is 2.94. The van der Waals surface area contributed by atoms with Crippen LogP contribution in [0.3, 0.4) is 0 Å². The molecular weight excluding hydrogens is 288 g/mol. The fraction of sp³-hybridized carbons (Fsp3) is 0.357. The van der Waals surface area contributed by atoms with Crippen LogP contribution in [0.25, 0.3) is 0 Å². The highest BCUT2D eigenvalue weighted by Crippen LogP contribution is 2.36. The van der Waals surface area contributed by atoms with E-state index in [-0.39, 0.29) is 4.90 Å². The fourth-order valence-electron chi connectivity index (χ4n) is 2.83. The van der Waals surface area contributed by atoms with Crippen molar-refractivity contribution in [1.29, 1.82) is 0 Å². The zero-order chi connectivity index (χ0) is 15.4. The van der Waals surface area contributed by atoms with Crippen molar-refractivity contribution in [2.45, 2.75) is 32.1 Å². The molecule has 0 amide bonds. The quantitative estimate of drug-likeness (QED) is 0.825. The average molecular weight is 306 g/mol. The van der Waals surface area contributed by atoms with Crippen LogP contribution in [0, 0.1) is 20.8 Å². The van der Waals surface area contributed by atoms with Gasteiger partial charge in [-0.15, -0.1) is 0 Å². The maximum absolute atomic E-state index is 12.9. The first-order valence-corrected chi connectivity index (χ1v) is 8.19. The molecule has 0 unspecified atom stereocenters. The Hall–Kier alpha value is -2.02. The standard InChI is InChI=1S/C14H18N4O2S/c1-8-6-11-4-5-18(13(11)7-12(8)15)21(19,20)14-9(2)16-17-10(14)3/h6-7H,4-5,15H2,1-3H3,(H,16,17). The molecule has 0 saturated heterocycles. The maximum Gasteiger partial charge on any atom is 0.268 e. The molecule has 1 aliphatic heterocycles. The Labute approximate surface area is 124 Å². The molecule has 112 valence electrons. The molecule has 0 bridgehead atoms. The van der Waals surface area contributed by atoms with E-state index < -0.39 is 10.0 Å². The van der Waals surface area contributed by atoms with Crippen molar-refractivity contribution < 1.29 is 8.42 Å². The van der Waals surface area contributed by atoms with Crippen LogP contribution in [-0.4, -0.2) is 25.2 Å². The number of sulfonamides is 1. The summed E-state index contributed by atoms with van der Waals surface area (Å²) in [7, 11) is -3.62. The number of hydrogen-bond acceptors (Lipinski definition) is 4.